The lowest BCUT2D eigenvalue weighted by molar-refractivity contribution is -0.153. The third-order valence-electron chi connectivity index (χ3n) is 7.72. The second-order valence-electron chi connectivity index (χ2n) is 10.5. The highest BCUT2D eigenvalue weighted by molar-refractivity contribution is 6.35. The molecule has 1 aliphatic heterocycles. The van der Waals surface area contributed by atoms with Crippen LogP contribution >= 0.6 is 0 Å². The summed E-state index contributed by atoms with van der Waals surface area (Å²) in [7, 11) is 0. The first kappa shape index (κ1) is 22.1. The van der Waals surface area contributed by atoms with Gasteiger partial charge in [0.15, 0.2) is 0 Å². The van der Waals surface area contributed by atoms with Crippen molar-refractivity contribution >= 4 is 11.8 Å². The molecule has 0 unspecified atom stereocenters. The van der Waals surface area contributed by atoms with Crippen molar-refractivity contribution in [2.24, 2.45) is 5.92 Å². The van der Waals surface area contributed by atoms with E-state index in [4.69, 9.17) is 0 Å². The Bertz CT molecular complexity index is 1230. The molecule has 6 nitrogen and oxygen atoms in total. The average Bonchev–Trinajstić information content (AvgIpc) is 3.80. The van der Waals surface area contributed by atoms with Gasteiger partial charge in [-0.2, -0.15) is 0 Å². The summed E-state index contributed by atoms with van der Waals surface area (Å²) in [6.07, 6.45) is 6.82. The lowest BCUT2D eigenvalue weighted by Crippen LogP contribution is -2.47. The van der Waals surface area contributed by atoms with Gasteiger partial charge in [-0.05, 0) is 61.6 Å². The number of nitrogens with zero attached hydrogens (tertiary/aromatic N) is 3. The van der Waals surface area contributed by atoms with Crippen molar-refractivity contribution < 1.29 is 9.59 Å². The maximum Gasteiger partial charge on any atom is 0.312 e. The van der Waals surface area contributed by atoms with Gasteiger partial charge in [0.2, 0.25) is 0 Å². The van der Waals surface area contributed by atoms with E-state index in [1.54, 1.807) is 4.90 Å². The second-order valence-corrected chi connectivity index (χ2v) is 10.5. The number of rotatable bonds is 5. The summed E-state index contributed by atoms with van der Waals surface area (Å²) in [6.45, 7) is 4.83. The maximum atomic E-state index is 13.3. The van der Waals surface area contributed by atoms with E-state index < -0.39 is 0 Å². The molecule has 1 aromatic heterocycles. The Morgan fingerprint density at radius 1 is 0.886 bits per heavy atom. The van der Waals surface area contributed by atoms with Gasteiger partial charge in [-0.1, -0.05) is 61.0 Å². The van der Waals surface area contributed by atoms with Crippen molar-refractivity contribution in [2.45, 2.75) is 64.1 Å². The smallest absolute Gasteiger partial charge is 0.312 e. The van der Waals surface area contributed by atoms with Crippen LogP contribution in [0.25, 0.3) is 22.4 Å². The van der Waals surface area contributed by atoms with Crippen molar-refractivity contribution in [1.82, 2.24) is 19.8 Å². The highest BCUT2D eigenvalue weighted by atomic mass is 16.2. The molecule has 2 amide bonds. The van der Waals surface area contributed by atoms with E-state index in [2.05, 4.69) is 72.3 Å². The Balaban J connectivity index is 1.21. The van der Waals surface area contributed by atoms with Crippen LogP contribution in [-0.2, 0) is 9.59 Å². The van der Waals surface area contributed by atoms with E-state index >= 15 is 0 Å². The van der Waals surface area contributed by atoms with Crippen LogP contribution in [0.1, 0.15) is 56.5 Å². The minimum absolute atomic E-state index is 0.202. The number of hydrogen-bond donors (Lipinski definition) is 1. The first-order chi connectivity index (χ1) is 17.0. The molecule has 35 heavy (non-hydrogen) atoms. The summed E-state index contributed by atoms with van der Waals surface area (Å²) < 4.78 is 0. The molecule has 6 rings (SSSR count). The molecule has 0 bridgehead atoms. The van der Waals surface area contributed by atoms with E-state index in [0.717, 1.165) is 49.2 Å². The lowest BCUT2D eigenvalue weighted by Gasteiger charge is -2.28. The Labute approximate surface area is 206 Å². The number of H-pyrrole nitrogens is 1. The fourth-order valence-electron chi connectivity index (χ4n) is 5.38. The van der Waals surface area contributed by atoms with Crippen molar-refractivity contribution in [2.75, 3.05) is 6.54 Å². The number of carbonyl (C=O) groups is 2. The number of aryl methyl sites for hydroxylation is 1. The number of aromatic nitrogens is 2. The molecule has 3 aliphatic rings. The normalized spacial score (nSPS) is 21.8. The average molecular weight is 469 g/mol. The van der Waals surface area contributed by atoms with Gasteiger partial charge in [0.25, 0.3) is 0 Å². The van der Waals surface area contributed by atoms with Gasteiger partial charge < -0.3 is 14.8 Å². The van der Waals surface area contributed by atoms with E-state index in [0.29, 0.717) is 6.54 Å². The quantitative estimate of drug-likeness (QED) is 0.529. The fraction of sp³-hybridized carbons (Fsp3) is 0.414. The lowest BCUT2D eigenvalue weighted by atomic mass is 10.0. The van der Waals surface area contributed by atoms with Crippen molar-refractivity contribution in [3.05, 3.63) is 66.1 Å². The Kier molecular flexibility index (Phi) is 5.47. The van der Waals surface area contributed by atoms with Crippen molar-refractivity contribution in [1.29, 1.82) is 0 Å². The summed E-state index contributed by atoms with van der Waals surface area (Å²) >= 11 is 0. The molecule has 2 atom stereocenters. The predicted octanol–water partition coefficient (Wildman–Crippen LogP) is 5.12. The molecule has 2 aliphatic carbocycles. The molecular formula is C29H32N4O2. The molecule has 2 aromatic carbocycles. The van der Waals surface area contributed by atoms with Gasteiger partial charge >= 0.3 is 11.8 Å². The van der Waals surface area contributed by atoms with Gasteiger partial charge in [-0.15, -0.1) is 0 Å². The minimum atomic E-state index is -0.362. The number of aromatic amines is 1. The number of amides is 2. The Hall–Kier alpha value is -3.41. The van der Waals surface area contributed by atoms with E-state index in [-0.39, 0.29) is 35.9 Å². The molecule has 1 saturated heterocycles. The molecular weight excluding hydrogens is 436 g/mol. The van der Waals surface area contributed by atoms with Crippen LogP contribution in [0.5, 0.6) is 0 Å². The summed E-state index contributed by atoms with van der Waals surface area (Å²) in [5.41, 5.74) is 5.58. The number of likely N-dealkylation sites (tertiary alicyclic amines) is 1. The number of nitrogens with one attached hydrogen (secondary N) is 1. The topological polar surface area (TPSA) is 69.3 Å². The summed E-state index contributed by atoms with van der Waals surface area (Å²) in [5.74, 6) is 0.328. The van der Waals surface area contributed by atoms with E-state index in [9.17, 15) is 9.59 Å². The van der Waals surface area contributed by atoms with Crippen LogP contribution in [-0.4, -0.2) is 50.2 Å². The highest BCUT2D eigenvalue weighted by Gasteiger charge is 2.47. The molecule has 2 saturated carbocycles. The SMILES string of the molecule is Cc1ccc(-c2ccc(-c3cnc([C@@H]4[C@@H](C)CCN4C(=O)C(=O)N(C4CC4)C4CC4)[nH]3)cc2)cc1. The molecule has 0 spiro atoms. The van der Waals surface area contributed by atoms with Crippen molar-refractivity contribution in [3.8, 4) is 22.4 Å². The number of hydrogen-bond acceptors (Lipinski definition) is 3. The zero-order chi connectivity index (χ0) is 24.1. The highest BCUT2D eigenvalue weighted by Crippen LogP contribution is 2.40. The van der Waals surface area contributed by atoms with Gasteiger partial charge in [-0.3, -0.25) is 9.59 Å². The van der Waals surface area contributed by atoms with Gasteiger partial charge in [0.05, 0.1) is 17.9 Å². The van der Waals surface area contributed by atoms with Crippen LogP contribution in [0.3, 0.4) is 0 Å². The van der Waals surface area contributed by atoms with Crippen LogP contribution in [0.4, 0.5) is 0 Å². The third kappa shape index (κ3) is 4.26. The van der Waals surface area contributed by atoms with Crippen LogP contribution in [0, 0.1) is 12.8 Å². The standard InChI is InChI=1S/C29H32N4O2/c1-18-3-5-20(6-4-18)21-7-9-22(10-8-21)25-17-30-27(31-25)26-19(2)15-16-32(26)28(34)29(35)33(23-11-12-23)24-13-14-24/h3-10,17,19,23-24,26H,11-16H2,1-2H3,(H,30,31)/t19-,26-/m0/s1. The van der Waals surface area contributed by atoms with Crippen molar-refractivity contribution in [3.63, 3.8) is 0 Å². The zero-order valence-electron chi connectivity index (χ0n) is 20.4. The van der Waals surface area contributed by atoms with Gasteiger partial charge in [-0.25, -0.2) is 4.98 Å². The van der Waals surface area contributed by atoms with Crippen LogP contribution in [0.15, 0.2) is 54.7 Å². The Morgan fingerprint density at radius 3 is 2.06 bits per heavy atom. The number of carbonyl (C=O) groups excluding carboxylic acids is 2. The van der Waals surface area contributed by atoms with Crippen LogP contribution in [0.2, 0.25) is 0 Å². The number of benzene rings is 2. The predicted molar refractivity (Wildman–Crippen MR) is 135 cm³/mol. The molecule has 3 fully saturated rings. The largest absolute Gasteiger partial charge is 0.340 e. The Morgan fingerprint density at radius 2 is 1.46 bits per heavy atom. The maximum absolute atomic E-state index is 13.3. The number of imidazole rings is 1. The second kappa shape index (κ2) is 8.67. The zero-order valence-corrected chi connectivity index (χ0v) is 20.4. The van der Waals surface area contributed by atoms with E-state index in [1.807, 2.05) is 11.1 Å². The molecule has 3 aromatic rings. The summed E-state index contributed by atoms with van der Waals surface area (Å²) in [5, 5.41) is 0. The summed E-state index contributed by atoms with van der Waals surface area (Å²) in [4.78, 5) is 38.3. The molecule has 1 N–H and O–H groups in total. The molecule has 0 radical (unpaired) electrons. The van der Waals surface area contributed by atoms with E-state index in [1.165, 1.54) is 16.7 Å². The van der Waals surface area contributed by atoms with Gasteiger partial charge in [0, 0.05) is 18.6 Å². The summed E-state index contributed by atoms with van der Waals surface area (Å²) in [6, 6.07) is 17.3. The first-order valence-electron chi connectivity index (χ1n) is 12.9. The van der Waals surface area contributed by atoms with Gasteiger partial charge in [0.1, 0.15) is 5.82 Å². The van der Waals surface area contributed by atoms with Crippen LogP contribution < -0.4 is 0 Å². The monoisotopic (exact) mass is 468 g/mol. The minimum Gasteiger partial charge on any atom is -0.340 e. The molecule has 2 heterocycles. The molecule has 180 valence electrons. The fourth-order valence-corrected chi connectivity index (χ4v) is 5.38. The third-order valence-corrected chi connectivity index (χ3v) is 7.72. The molecule has 6 heteroatoms. The first-order valence-corrected chi connectivity index (χ1v) is 12.9.